The minimum absolute atomic E-state index is 0.00146. The van der Waals surface area contributed by atoms with Crippen molar-refractivity contribution in [3.63, 3.8) is 0 Å². The highest BCUT2D eigenvalue weighted by molar-refractivity contribution is 7.99. The standard InChI is InChI=1S/C15H20N2OS/c1-10(2)12-4-6-13(7-5-12)14(16)9-19-15-17-11(3)8-18-15/h4-8,10,14H,9,16H2,1-3H3. The summed E-state index contributed by atoms with van der Waals surface area (Å²) >= 11 is 1.55. The fraction of sp³-hybridized carbons (Fsp3) is 0.400. The van der Waals surface area contributed by atoms with Crippen LogP contribution in [0.5, 0.6) is 0 Å². The van der Waals surface area contributed by atoms with Crippen molar-refractivity contribution >= 4 is 11.8 Å². The number of rotatable bonds is 5. The van der Waals surface area contributed by atoms with Gasteiger partial charge in [0.15, 0.2) is 0 Å². The lowest BCUT2D eigenvalue weighted by Gasteiger charge is -2.12. The summed E-state index contributed by atoms with van der Waals surface area (Å²) in [7, 11) is 0. The van der Waals surface area contributed by atoms with E-state index in [1.165, 1.54) is 5.56 Å². The summed E-state index contributed by atoms with van der Waals surface area (Å²) < 4.78 is 5.30. The van der Waals surface area contributed by atoms with Gasteiger partial charge in [0, 0.05) is 11.8 Å². The zero-order valence-corrected chi connectivity index (χ0v) is 12.4. The third-order valence-electron chi connectivity index (χ3n) is 3.02. The van der Waals surface area contributed by atoms with Crippen LogP contribution in [0.3, 0.4) is 0 Å². The maximum atomic E-state index is 6.19. The van der Waals surface area contributed by atoms with Gasteiger partial charge >= 0.3 is 0 Å². The normalized spacial score (nSPS) is 12.9. The van der Waals surface area contributed by atoms with Crippen molar-refractivity contribution in [2.24, 2.45) is 5.73 Å². The van der Waals surface area contributed by atoms with Crippen molar-refractivity contribution in [1.29, 1.82) is 0 Å². The zero-order valence-electron chi connectivity index (χ0n) is 11.6. The Labute approximate surface area is 118 Å². The molecule has 0 amide bonds. The fourth-order valence-corrected chi connectivity index (χ4v) is 2.62. The molecule has 19 heavy (non-hydrogen) atoms. The van der Waals surface area contributed by atoms with Crippen LogP contribution >= 0.6 is 11.8 Å². The molecule has 2 rings (SSSR count). The average molecular weight is 276 g/mol. The van der Waals surface area contributed by atoms with Crippen molar-refractivity contribution in [3.05, 3.63) is 47.3 Å². The molecule has 0 spiro atoms. The number of nitrogens with zero attached hydrogens (tertiary/aromatic N) is 1. The van der Waals surface area contributed by atoms with Gasteiger partial charge in [-0.1, -0.05) is 49.9 Å². The highest BCUT2D eigenvalue weighted by atomic mass is 32.2. The first kappa shape index (κ1) is 14.2. The van der Waals surface area contributed by atoms with Crippen LogP contribution in [0.25, 0.3) is 0 Å². The number of hydrogen-bond donors (Lipinski definition) is 1. The van der Waals surface area contributed by atoms with Gasteiger partial charge in [-0.15, -0.1) is 0 Å². The van der Waals surface area contributed by atoms with Gasteiger partial charge in [-0.3, -0.25) is 0 Å². The second kappa shape index (κ2) is 6.26. The van der Waals surface area contributed by atoms with E-state index in [4.69, 9.17) is 10.2 Å². The molecule has 1 unspecified atom stereocenters. The number of hydrogen-bond acceptors (Lipinski definition) is 4. The number of oxazole rings is 1. The van der Waals surface area contributed by atoms with Crippen molar-refractivity contribution in [1.82, 2.24) is 4.98 Å². The minimum Gasteiger partial charge on any atom is -0.440 e. The van der Waals surface area contributed by atoms with Crippen LogP contribution in [-0.2, 0) is 0 Å². The summed E-state index contributed by atoms with van der Waals surface area (Å²) in [6, 6.07) is 8.53. The van der Waals surface area contributed by atoms with Gasteiger partial charge in [0.25, 0.3) is 5.22 Å². The first-order valence-corrected chi connectivity index (χ1v) is 7.45. The third kappa shape index (κ3) is 3.85. The van der Waals surface area contributed by atoms with Crippen LogP contribution in [0.4, 0.5) is 0 Å². The third-order valence-corrected chi connectivity index (χ3v) is 3.98. The number of benzene rings is 1. The molecule has 0 aliphatic carbocycles. The predicted molar refractivity (Wildman–Crippen MR) is 79.4 cm³/mol. The van der Waals surface area contributed by atoms with Crippen LogP contribution in [0.2, 0.25) is 0 Å². The Morgan fingerprint density at radius 3 is 2.37 bits per heavy atom. The Morgan fingerprint density at radius 1 is 1.21 bits per heavy atom. The highest BCUT2D eigenvalue weighted by Crippen LogP contribution is 2.24. The number of nitrogens with two attached hydrogens (primary N) is 1. The van der Waals surface area contributed by atoms with Crippen LogP contribution in [0, 0.1) is 6.92 Å². The quantitative estimate of drug-likeness (QED) is 0.841. The van der Waals surface area contributed by atoms with Crippen molar-refractivity contribution in [2.75, 3.05) is 5.75 Å². The summed E-state index contributed by atoms with van der Waals surface area (Å²) in [5, 5.41) is 0.687. The lowest BCUT2D eigenvalue weighted by atomic mass is 10.00. The molecule has 2 aromatic rings. The average Bonchev–Trinajstić information content (AvgIpc) is 2.82. The van der Waals surface area contributed by atoms with Gasteiger partial charge in [-0.05, 0) is 24.0 Å². The first-order valence-electron chi connectivity index (χ1n) is 6.46. The van der Waals surface area contributed by atoms with Crippen molar-refractivity contribution in [2.45, 2.75) is 38.0 Å². The smallest absolute Gasteiger partial charge is 0.255 e. The van der Waals surface area contributed by atoms with Gasteiger partial charge in [0.05, 0.1) is 5.69 Å². The molecule has 1 aromatic heterocycles. The Balaban J connectivity index is 1.94. The van der Waals surface area contributed by atoms with E-state index in [0.717, 1.165) is 17.0 Å². The molecule has 0 saturated carbocycles. The number of aryl methyl sites for hydroxylation is 1. The Hall–Kier alpha value is -1.26. The fourth-order valence-electron chi connectivity index (χ4n) is 1.78. The monoisotopic (exact) mass is 276 g/mol. The molecular formula is C15H20N2OS. The maximum absolute atomic E-state index is 6.19. The highest BCUT2D eigenvalue weighted by Gasteiger charge is 2.10. The van der Waals surface area contributed by atoms with E-state index in [9.17, 15) is 0 Å². The van der Waals surface area contributed by atoms with Crippen molar-refractivity contribution < 1.29 is 4.42 Å². The molecule has 1 aromatic carbocycles. The molecule has 2 N–H and O–H groups in total. The lowest BCUT2D eigenvalue weighted by Crippen LogP contribution is -2.13. The molecule has 0 aliphatic rings. The molecule has 0 radical (unpaired) electrons. The largest absolute Gasteiger partial charge is 0.440 e. The van der Waals surface area contributed by atoms with E-state index >= 15 is 0 Å². The predicted octanol–water partition coefficient (Wildman–Crippen LogP) is 3.90. The summed E-state index contributed by atoms with van der Waals surface area (Å²) in [5.41, 5.74) is 9.58. The summed E-state index contributed by atoms with van der Waals surface area (Å²) in [6.07, 6.45) is 1.66. The van der Waals surface area contributed by atoms with Crippen molar-refractivity contribution in [3.8, 4) is 0 Å². The van der Waals surface area contributed by atoms with Gasteiger partial charge in [-0.2, -0.15) is 0 Å². The molecule has 3 nitrogen and oxygen atoms in total. The maximum Gasteiger partial charge on any atom is 0.255 e. The number of thioether (sulfide) groups is 1. The van der Waals surface area contributed by atoms with E-state index in [2.05, 4.69) is 43.1 Å². The Bertz CT molecular complexity index is 519. The summed E-state index contributed by atoms with van der Waals surface area (Å²) in [4.78, 5) is 4.25. The Kier molecular flexibility index (Phi) is 4.66. The van der Waals surface area contributed by atoms with Gasteiger partial charge in [-0.25, -0.2) is 4.98 Å². The molecular weight excluding hydrogens is 256 g/mol. The summed E-state index contributed by atoms with van der Waals surface area (Å²) in [6.45, 7) is 6.30. The van der Waals surface area contributed by atoms with Gasteiger partial charge in [0.1, 0.15) is 6.26 Å². The van der Waals surface area contributed by atoms with Gasteiger partial charge in [0.2, 0.25) is 0 Å². The topological polar surface area (TPSA) is 52.0 Å². The number of aromatic nitrogens is 1. The van der Waals surface area contributed by atoms with Crippen LogP contribution < -0.4 is 5.73 Å². The van der Waals surface area contributed by atoms with E-state index in [-0.39, 0.29) is 6.04 Å². The SMILES string of the molecule is Cc1coc(SCC(N)c2ccc(C(C)C)cc2)n1. The molecule has 102 valence electrons. The molecule has 1 atom stereocenters. The molecule has 0 fully saturated rings. The van der Waals surface area contributed by atoms with E-state index in [1.807, 2.05) is 6.92 Å². The molecule has 0 saturated heterocycles. The molecule has 0 bridgehead atoms. The lowest BCUT2D eigenvalue weighted by molar-refractivity contribution is 0.453. The summed E-state index contributed by atoms with van der Waals surface area (Å²) in [5.74, 6) is 1.32. The van der Waals surface area contributed by atoms with E-state index in [1.54, 1.807) is 18.0 Å². The van der Waals surface area contributed by atoms with E-state index < -0.39 is 0 Å². The molecule has 1 heterocycles. The molecule has 0 aliphatic heterocycles. The second-order valence-corrected chi connectivity index (χ2v) is 5.96. The van der Waals surface area contributed by atoms with Crippen LogP contribution in [0.15, 0.2) is 40.2 Å². The van der Waals surface area contributed by atoms with Gasteiger partial charge < -0.3 is 10.2 Å². The van der Waals surface area contributed by atoms with Crippen LogP contribution in [0.1, 0.15) is 42.6 Å². The zero-order chi connectivity index (χ0) is 13.8. The van der Waals surface area contributed by atoms with Crippen LogP contribution in [-0.4, -0.2) is 10.7 Å². The minimum atomic E-state index is -0.00146. The first-order chi connectivity index (χ1) is 9.06. The van der Waals surface area contributed by atoms with E-state index in [0.29, 0.717) is 11.1 Å². The second-order valence-electron chi connectivity index (χ2n) is 4.99. The Morgan fingerprint density at radius 2 is 1.84 bits per heavy atom. The molecule has 4 heteroatoms.